The van der Waals surface area contributed by atoms with Gasteiger partial charge in [0.15, 0.2) is 0 Å². The van der Waals surface area contributed by atoms with E-state index in [0.717, 1.165) is 0 Å². The van der Waals surface area contributed by atoms with E-state index in [1.807, 2.05) is 0 Å². The van der Waals surface area contributed by atoms with Gasteiger partial charge in [0.2, 0.25) is 0 Å². The van der Waals surface area contributed by atoms with Crippen LogP contribution in [0.5, 0.6) is 0 Å². The predicted molar refractivity (Wildman–Crippen MR) is 20.3 cm³/mol. The maximum absolute atomic E-state index is 9.12. The normalized spacial score (nSPS) is 10.1. The summed E-state index contributed by atoms with van der Waals surface area (Å²) in [6.45, 7) is 0. The van der Waals surface area contributed by atoms with Gasteiger partial charge in [0, 0.05) is 0 Å². The Morgan fingerprint density at radius 2 is 1.71 bits per heavy atom. The van der Waals surface area contributed by atoms with Crippen molar-refractivity contribution < 1.29 is 18.4 Å². The number of halogens is 1. The van der Waals surface area contributed by atoms with Crippen LogP contribution in [-0.2, 0) is 8.64 Å². The fourth-order valence-electron chi connectivity index (χ4n) is 0. The Labute approximate surface area is 82.5 Å². The summed E-state index contributed by atoms with van der Waals surface area (Å²) in [6.07, 6.45) is 0. The van der Waals surface area contributed by atoms with E-state index >= 15 is 0 Å². The van der Waals surface area contributed by atoms with Crippen molar-refractivity contribution in [3.8, 4) is 0 Å². The maximum atomic E-state index is 9.12. The standard InChI is InChI=1S/ClH2O4P.Sr/c1-5-6(2,3)4;/h(H2,2,3,4);/q;+2/p-2. The molecule has 0 fully saturated rings. The summed E-state index contributed by atoms with van der Waals surface area (Å²) in [6, 6.07) is 0. The third-order valence-electron chi connectivity index (χ3n) is 0.0845. The van der Waals surface area contributed by atoms with E-state index in [9.17, 15) is 0 Å². The SMILES string of the molecule is O=P([O-])([O-])OCl.[Sr+2]. The monoisotopic (exact) mass is 218 g/mol. The molecule has 0 aliphatic carbocycles. The Hall–Kier alpha value is 1.88. The van der Waals surface area contributed by atoms with Gasteiger partial charge in [-0.15, -0.1) is 0 Å². The predicted octanol–water partition coefficient (Wildman–Crippen LogP) is -1.40. The summed E-state index contributed by atoms with van der Waals surface area (Å²) >= 11 is 4.09. The number of hydrogen-bond acceptors (Lipinski definition) is 4. The minimum absolute atomic E-state index is 0. The second-order valence-electron chi connectivity index (χ2n) is 0.516. The van der Waals surface area contributed by atoms with Crippen molar-refractivity contribution in [2.75, 3.05) is 0 Å². The molecule has 0 atom stereocenters. The van der Waals surface area contributed by atoms with Gasteiger partial charge >= 0.3 is 45.5 Å². The molecule has 38 valence electrons. The molecule has 0 saturated carbocycles. The molecule has 0 unspecified atom stereocenters. The third kappa shape index (κ3) is 11.4. The van der Waals surface area contributed by atoms with Crippen molar-refractivity contribution in [2.45, 2.75) is 0 Å². The van der Waals surface area contributed by atoms with Crippen LogP contribution in [0.3, 0.4) is 0 Å². The first-order valence-corrected chi connectivity index (χ1v) is 2.65. The Bertz CT molecular complexity index is 75.8. The van der Waals surface area contributed by atoms with E-state index in [1.165, 1.54) is 0 Å². The molecule has 0 bridgehead atoms. The smallest absolute Gasteiger partial charge is 0.789 e. The van der Waals surface area contributed by atoms with Gasteiger partial charge in [0.1, 0.15) is 0 Å². The van der Waals surface area contributed by atoms with Crippen LogP contribution in [0.25, 0.3) is 0 Å². The molecule has 7 heteroatoms. The van der Waals surface area contributed by atoms with Gasteiger partial charge < -0.3 is 14.4 Å². The van der Waals surface area contributed by atoms with Crippen molar-refractivity contribution in [2.24, 2.45) is 0 Å². The van der Waals surface area contributed by atoms with Crippen LogP contribution in [0.4, 0.5) is 0 Å². The molecule has 4 nitrogen and oxygen atoms in total. The van der Waals surface area contributed by atoms with Gasteiger partial charge in [-0.25, -0.2) is 4.08 Å². The van der Waals surface area contributed by atoms with Gasteiger partial charge in [-0.2, -0.15) is 0 Å². The molecule has 7 heavy (non-hydrogen) atoms. The fourth-order valence-corrected chi connectivity index (χ4v) is 0. The van der Waals surface area contributed by atoms with E-state index in [4.69, 9.17) is 14.4 Å². The molecule has 0 aromatic rings. The molecule has 0 saturated heterocycles. The molecule has 0 aromatic heterocycles. The second kappa shape index (κ2) is 4.73. The van der Waals surface area contributed by atoms with Crippen molar-refractivity contribution >= 4 is 65.2 Å². The van der Waals surface area contributed by atoms with Crippen molar-refractivity contribution in [1.29, 1.82) is 0 Å². The van der Waals surface area contributed by atoms with Crippen LogP contribution in [0.15, 0.2) is 0 Å². The fraction of sp³-hybridized carbons (Fsp3) is 0. The summed E-state index contributed by atoms with van der Waals surface area (Å²) in [5.74, 6) is 0. The molecule has 0 spiro atoms. The second-order valence-corrected chi connectivity index (χ2v) is 1.96. The number of hydrogen-bond donors (Lipinski definition) is 0. The van der Waals surface area contributed by atoms with Crippen LogP contribution < -0.4 is 9.79 Å². The Morgan fingerprint density at radius 1 is 1.57 bits per heavy atom. The largest absolute Gasteiger partial charge is 2.00 e. The maximum Gasteiger partial charge on any atom is 2.00 e. The summed E-state index contributed by atoms with van der Waals surface area (Å²) < 4.78 is 12.0. The molecule has 0 aliphatic heterocycles. The quantitative estimate of drug-likeness (QED) is 0.401. The van der Waals surface area contributed by atoms with E-state index in [2.05, 4.69) is 15.9 Å². The van der Waals surface area contributed by atoms with Crippen molar-refractivity contribution in [3.05, 3.63) is 0 Å². The van der Waals surface area contributed by atoms with Crippen LogP contribution in [0, 0.1) is 0 Å². The van der Waals surface area contributed by atoms with Crippen LogP contribution in [0.2, 0.25) is 0 Å². The van der Waals surface area contributed by atoms with E-state index in [-0.39, 0.29) is 45.5 Å². The Morgan fingerprint density at radius 3 is 1.71 bits per heavy atom. The topological polar surface area (TPSA) is 72.4 Å². The Balaban J connectivity index is 0. The van der Waals surface area contributed by atoms with Gasteiger partial charge in [0.25, 0.3) is 0 Å². The molecule has 0 radical (unpaired) electrons. The summed E-state index contributed by atoms with van der Waals surface area (Å²) in [5.41, 5.74) is 0. The van der Waals surface area contributed by atoms with E-state index in [1.54, 1.807) is 0 Å². The minimum Gasteiger partial charge on any atom is -0.789 e. The molecule has 0 aromatic carbocycles. The molecular formula is ClO4PSr. The zero-order valence-electron chi connectivity index (χ0n) is 3.17. The average molecular weight is 218 g/mol. The molecular weight excluding hydrogens is 218 g/mol. The van der Waals surface area contributed by atoms with Gasteiger partial charge in [-0.3, -0.25) is 0 Å². The summed E-state index contributed by atoms with van der Waals surface area (Å²) in [7, 11) is -4.88. The van der Waals surface area contributed by atoms with Crippen molar-refractivity contribution in [3.63, 3.8) is 0 Å². The number of phosphoric acid groups is 1. The zero-order chi connectivity index (χ0) is 5.21. The molecule has 0 amide bonds. The summed E-state index contributed by atoms with van der Waals surface area (Å²) in [5, 5.41) is 0. The van der Waals surface area contributed by atoms with Crippen LogP contribution >= 0.6 is 19.7 Å². The zero-order valence-corrected chi connectivity index (χ0v) is 8.29. The summed E-state index contributed by atoms with van der Waals surface area (Å²) in [4.78, 5) is 18.2. The molecule has 0 heterocycles. The first-order chi connectivity index (χ1) is 2.56. The molecule has 0 rings (SSSR count). The Kier molecular flexibility index (Phi) is 7.87. The van der Waals surface area contributed by atoms with Gasteiger partial charge in [-0.05, 0) is 0 Å². The van der Waals surface area contributed by atoms with Gasteiger partial charge in [0.05, 0.1) is 19.7 Å². The molecule has 0 aliphatic rings. The molecule has 0 N–H and O–H groups in total. The van der Waals surface area contributed by atoms with E-state index in [0.29, 0.717) is 0 Å². The van der Waals surface area contributed by atoms with Gasteiger partial charge in [-0.1, -0.05) is 0 Å². The van der Waals surface area contributed by atoms with Crippen molar-refractivity contribution in [1.82, 2.24) is 0 Å². The van der Waals surface area contributed by atoms with E-state index < -0.39 is 7.82 Å². The van der Waals surface area contributed by atoms with Crippen LogP contribution in [-0.4, -0.2) is 45.5 Å². The minimum atomic E-state index is -4.88. The number of rotatable bonds is 1. The first-order valence-electron chi connectivity index (χ1n) is 0.885. The average Bonchev–Trinajstić information content (AvgIpc) is 1.35. The third-order valence-corrected chi connectivity index (χ3v) is 0.761. The first kappa shape index (κ1) is 11.6. The van der Waals surface area contributed by atoms with Crippen LogP contribution in [0.1, 0.15) is 0 Å².